The van der Waals surface area contributed by atoms with Gasteiger partial charge >= 0.3 is 5.97 Å². The fourth-order valence-electron chi connectivity index (χ4n) is 2.91. The molecule has 0 saturated heterocycles. The molecular formula is C25H24N2O5S. The maximum Gasteiger partial charge on any atom is 0.321 e. The maximum absolute atomic E-state index is 12.8. The van der Waals surface area contributed by atoms with Crippen molar-refractivity contribution in [2.75, 3.05) is 18.1 Å². The van der Waals surface area contributed by atoms with Crippen LogP contribution in [0.4, 0.5) is 5.69 Å². The highest BCUT2D eigenvalue weighted by atomic mass is 32.2. The molecule has 0 fully saturated rings. The van der Waals surface area contributed by atoms with Crippen LogP contribution >= 0.6 is 0 Å². The minimum Gasteiger partial charge on any atom is -0.455 e. The standard InChI is InChI=1S/C25H24N2O5S/c28-24(27(23-14-8-3-9-15-23)19-22-12-6-2-7-13-22)20-32-25(29)18-26-33(30,31)17-16-21-10-4-1-5-11-21/h1-17,26H,18-20H2/b17-16+. The van der Waals surface area contributed by atoms with E-state index in [1.54, 1.807) is 36.4 Å². The molecule has 3 aromatic rings. The summed E-state index contributed by atoms with van der Waals surface area (Å²) in [6.07, 6.45) is 1.42. The Morgan fingerprint density at radius 3 is 2.06 bits per heavy atom. The lowest BCUT2D eigenvalue weighted by Crippen LogP contribution is -2.36. The second-order valence-electron chi connectivity index (χ2n) is 7.04. The van der Waals surface area contributed by atoms with Gasteiger partial charge in [-0.15, -0.1) is 0 Å². The first-order chi connectivity index (χ1) is 15.9. The molecule has 8 heteroatoms. The van der Waals surface area contributed by atoms with E-state index in [0.717, 1.165) is 11.0 Å². The van der Waals surface area contributed by atoms with Crippen LogP contribution in [0.15, 0.2) is 96.4 Å². The Morgan fingerprint density at radius 2 is 1.42 bits per heavy atom. The monoisotopic (exact) mass is 464 g/mol. The first kappa shape index (κ1) is 23.9. The van der Waals surface area contributed by atoms with Gasteiger partial charge in [0.1, 0.15) is 6.54 Å². The summed E-state index contributed by atoms with van der Waals surface area (Å²) in [5, 5.41) is 0.970. The van der Waals surface area contributed by atoms with Gasteiger partial charge in [0.25, 0.3) is 5.91 Å². The van der Waals surface area contributed by atoms with Gasteiger partial charge in [0.15, 0.2) is 6.61 Å². The third-order valence-electron chi connectivity index (χ3n) is 4.57. The summed E-state index contributed by atoms with van der Waals surface area (Å²) in [5.41, 5.74) is 2.28. The van der Waals surface area contributed by atoms with Gasteiger partial charge in [-0.1, -0.05) is 78.9 Å². The van der Waals surface area contributed by atoms with Gasteiger partial charge in [0.05, 0.1) is 6.54 Å². The predicted molar refractivity (Wildman–Crippen MR) is 127 cm³/mol. The highest BCUT2D eigenvalue weighted by Crippen LogP contribution is 2.17. The van der Waals surface area contributed by atoms with E-state index in [-0.39, 0.29) is 0 Å². The molecule has 0 atom stereocenters. The minimum atomic E-state index is -3.84. The number of esters is 1. The predicted octanol–water partition coefficient (Wildman–Crippen LogP) is 3.35. The number of anilines is 1. The maximum atomic E-state index is 12.8. The largest absolute Gasteiger partial charge is 0.455 e. The van der Waals surface area contributed by atoms with Crippen LogP contribution in [0.5, 0.6) is 0 Å². The number of hydrogen-bond donors (Lipinski definition) is 1. The Kier molecular flexibility index (Phi) is 8.51. The topological polar surface area (TPSA) is 92.8 Å². The van der Waals surface area contributed by atoms with Crippen LogP contribution in [0.25, 0.3) is 6.08 Å². The number of sulfonamides is 1. The fourth-order valence-corrected chi connectivity index (χ4v) is 3.66. The van der Waals surface area contributed by atoms with Crippen molar-refractivity contribution in [2.24, 2.45) is 0 Å². The molecule has 0 aliphatic carbocycles. The quantitative estimate of drug-likeness (QED) is 0.465. The zero-order chi connectivity index (χ0) is 23.5. The number of rotatable bonds is 10. The van der Waals surface area contributed by atoms with E-state index in [1.165, 1.54) is 11.0 Å². The molecule has 3 rings (SSSR count). The molecule has 1 amide bonds. The molecule has 0 heterocycles. The lowest BCUT2D eigenvalue weighted by Gasteiger charge is -2.23. The van der Waals surface area contributed by atoms with Gasteiger partial charge in [0, 0.05) is 11.1 Å². The minimum absolute atomic E-state index is 0.304. The highest BCUT2D eigenvalue weighted by molar-refractivity contribution is 7.92. The zero-order valence-electron chi connectivity index (χ0n) is 17.8. The third-order valence-corrected chi connectivity index (χ3v) is 5.61. The van der Waals surface area contributed by atoms with E-state index in [2.05, 4.69) is 4.72 Å². The Hall–Kier alpha value is -3.75. The number of carbonyl (C=O) groups is 2. The van der Waals surface area contributed by atoms with Crippen molar-refractivity contribution < 1.29 is 22.7 Å². The van der Waals surface area contributed by atoms with Gasteiger partial charge in [-0.3, -0.25) is 9.59 Å². The van der Waals surface area contributed by atoms with Crippen molar-refractivity contribution in [3.8, 4) is 0 Å². The summed E-state index contributed by atoms with van der Waals surface area (Å²) >= 11 is 0. The fraction of sp³-hybridized carbons (Fsp3) is 0.120. The number of carbonyl (C=O) groups excluding carboxylic acids is 2. The molecule has 0 aromatic heterocycles. The summed E-state index contributed by atoms with van der Waals surface area (Å²) in [6, 6.07) is 27.3. The Balaban J connectivity index is 1.55. The number of nitrogens with zero attached hydrogens (tertiary/aromatic N) is 1. The van der Waals surface area contributed by atoms with E-state index in [1.807, 2.05) is 54.6 Å². The molecule has 0 saturated carbocycles. The summed E-state index contributed by atoms with van der Waals surface area (Å²) in [4.78, 5) is 26.4. The molecule has 0 spiro atoms. The molecule has 0 radical (unpaired) electrons. The average Bonchev–Trinajstić information content (AvgIpc) is 2.85. The van der Waals surface area contributed by atoms with Gasteiger partial charge in [-0.2, -0.15) is 0 Å². The number of nitrogens with one attached hydrogen (secondary N) is 1. The molecule has 3 aromatic carbocycles. The number of amides is 1. The van der Waals surface area contributed by atoms with Crippen molar-refractivity contribution in [2.45, 2.75) is 6.54 Å². The normalized spacial score (nSPS) is 11.3. The zero-order valence-corrected chi connectivity index (χ0v) is 18.6. The molecular weight excluding hydrogens is 440 g/mol. The number of para-hydroxylation sites is 1. The van der Waals surface area contributed by atoms with Crippen LogP contribution in [0.1, 0.15) is 11.1 Å². The summed E-state index contributed by atoms with van der Waals surface area (Å²) in [6.45, 7) is -0.793. The second-order valence-corrected chi connectivity index (χ2v) is 8.69. The molecule has 1 N–H and O–H groups in total. The SMILES string of the molecule is O=C(CNS(=O)(=O)/C=C/c1ccccc1)OCC(=O)N(Cc1ccccc1)c1ccccc1. The van der Waals surface area contributed by atoms with Crippen LogP contribution in [0, 0.1) is 0 Å². The van der Waals surface area contributed by atoms with Gasteiger partial charge < -0.3 is 9.64 Å². The van der Waals surface area contributed by atoms with E-state index in [9.17, 15) is 18.0 Å². The van der Waals surface area contributed by atoms with Crippen LogP contribution < -0.4 is 9.62 Å². The first-order valence-corrected chi connectivity index (χ1v) is 11.8. The molecule has 0 bridgehead atoms. The molecule has 0 unspecified atom stereocenters. The van der Waals surface area contributed by atoms with Crippen molar-refractivity contribution in [1.82, 2.24) is 4.72 Å². The van der Waals surface area contributed by atoms with Crippen molar-refractivity contribution >= 4 is 33.7 Å². The van der Waals surface area contributed by atoms with Crippen LogP contribution in [0.3, 0.4) is 0 Å². The van der Waals surface area contributed by atoms with Crippen molar-refractivity contribution in [3.63, 3.8) is 0 Å². The second kappa shape index (κ2) is 11.8. The number of ether oxygens (including phenoxy) is 1. The van der Waals surface area contributed by atoms with Gasteiger partial charge in [-0.05, 0) is 29.3 Å². The Labute approximate surface area is 193 Å². The number of benzene rings is 3. The smallest absolute Gasteiger partial charge is 0.321 e. The summed E-state index contributed by atoms with van der Waals surface area (Å²) < 4.78 is 31.3. The van der Waals surface area contributed by atoms with Crippen LogP contribution in [-0.4, -0.2) is 33.4 Å². The van der Waals surface area contributed by atoms with Crippen LogP contribution in [0.2, 0.25) is 0 Å². The summed E-state index contributed by atoms with van der Waals surface area (Å²) in [5.74, 6) is -1.28. The Bertz CT molecular complexity index is 1180. The van der Waals surface area contributed by atoms with Crippen molar-refractivity contribution in [3.05, 3.63) is 108 Å². The average molecular weight is 465 g/mol. The van der Waals surface area contributed by atoms with E-state index in [0.29, 0.717) is 17.8 Å². The van der Waals surface area contributed by atoms with E-state index < -0.39 is 35.1 Å². The molecule has 0 aliphatic rings. The molecule has 0 aliphatic heterocycles. The lowest BCUT2D eigenvalue weighted by molar-refractivity contribution is -0.146. The summed E-state index contributed by atoms with van der Waals surface area (Å²) in [7, 11) is -3.84. The van der Waals surface area contributed by atoms with Gasteiger partial charge in [-0.25, -0.2) is 13.1 Å². The Morgan fingerprint density at radius 1 is 0.848 bits per heavy atom. The number of hydrogen-bond acceptors (Lipinski definition) is 5. The molecule has 7 nitrogen and oxygen atoms in total. The van der Waals surface area contributed by atoms with Crippen molar-refractivity contribution in [1.29, 1.82) is 0 Å². The molecule has 170 valence electrons. The van der Waals surface area contributed by atoms with Gasteiger partial charge in [0.2, 0.25) is 10.0 Å². The van der Waals surface area contributed by atoms with Crippen LogP contribution in [-0.2, 0) is 30.9 Å². The van der Waals surface area contributed by atoms with E-state index >= 15 is 0 Å². The lowest BCUT2D eigenvalue weighted by atomic mass is 10.2. The van der Waals surface area contributed by atoms with E-state index in [4.69, 9.17) is 4.74 Å². The molecule has 33 heavy (non-hydrogen) atoms. The first-order valence-electron chi connectivity index (χ1n) is 10.2. The third kappa shape index (κ3) is 8.03. The highest BCUT2D eigenvalue weighted by Gasteiger charge is 2.18.